The molecule has 2 heterocycles. The minimum absolute atomic E-state index is 0.0260. The van der Waals surface area contributed by atoms with E-state index in [1.165, 1.54) is 11.3 Å². The van der Waals surface area contributed by atoms with Crippen molar-refractivity contribution < 1.29 is 14.6 Å². The molecule has 0 fully saturated rings. The summed E-state index contributed by atoms with van der Waals surface area (Å²) < 4.78 is 5.98. The zero-order valence-electron chi connectivity index (χ0n) is 19.8. The van der Waals surface area contributed by atoms with Gasteiger partial charge in [-0.05, 0) is 42.7 Å². The third-order valence-corrected chi connectivity index (χ3v) is 7.48. The van der Waals surface area contributed by atoms with Crippen LogP contribution in [-0.4, -0.2) is 34.0 Å². The Morgan fingerprint density at radius 1 is 0.971 bits per heavy atom. The molecule has 3 aromatic carbocycles. The van der Waals surface area contributed by atoms with Crippen molar-refractivity contribution in [2.24, 2.45) is 0 Å². The number of nitrogens with zero attached hydrogens (tertiary/aromatic N) is 2. The number of thiazole rings is 1. The predicted molar refractivity (Wildman–Crippen MR) is 138 cm³/mol. The lowest BCUT2D eigenvalue weighted by Crippen LogP contribution is -2.32. The number of aryl methyl sites for hydroxylation is 2. The van der Waals surface area contributed by atoms with Crippen molar-refractivity contribution >= 4 is 17.2 Å². The first kappa shape index (κ1) is 23.3. The average Bonchev–Trinajstić information content (AvgIpc) is 3.08. The summed E-state index contributed by atoms with van der Waals surface area (Å²) in [6.45, 7) is 5.14. The molecule has 0 aliphatic carbocycles. The second-order valence-corrected chi connectivity index (χ2v) is 10.0. The monoisotopic (exact) mass is 484 g/mol. The first-order valence-corrected chi connectivity index (χ1v) is 12.6. The van der Waals surface area contributed by atoms with Gasteiger partial charge in [0.2, 0.25) is 0 Å². The van der Waals surface area contributed by atoms with E-state index < -0.39 is 6.10 Å². The number of fused-ring (bicyclic) bond motifs is 1. The third-order valence-electron chi connectivity index (χ3n) is 6.42. The van der Waals surface area contributed by atoms with Gasteiger partial charge in [-0.15, -0.1) is 11.3 Å². The third kappa shape index (κ3) is 4.85. The van der Waals surface area contributed by atoms with Crippen molar-refractivity contribution in [3.8, 4) is 5.75 Å². The number of ether oxygens (including phenoxy) is 1. The lowest BCUT2D eigenvalue weighted by molar-refractivity contribution is 0.0737. The smallest absolute Gasteiger partial charge is 0.266 e. The maximum Gasteiger partial charge on any atom is 0.266 e. The number of amides is 1. The van der Waals surface area contributed by atoms with Crippen LogP contribution in [0.3, 0.4) is 0 Å². The zero-order valence-corrected chi connectivity index (χ0v) is 20.7. The molecule has 0 saturated heterocycles. The SMILES string of the molecule is Cc1nc(C)c(C(=O)N2CCOc3ccc(C(O)C(c4ccccc4)c4ccccc4)cc3C2)s1. The second-order valence-electron chi connectivity index (χ2n) is 8.83. The highest BCUT2D eigenvalue weighted by atomic mass is 32.1. The topological polar surface area (TPSA) is 62.7 Å². The molecule has 4 aromatic rings. The number of benzene rings is 3. The van der Waals surface area contributed by atoms with Gasteiger partial charge in [0.05, 0.1) is 23.4 Å². The van der Waals surface area contributed by atoms with E-state index in [-0.39, 0.29) is 11.8 Å². The van der Waals surface area contributed by atoms with Crippen LogP contribution in [0.5, 0.6) is 5.75 Å². The highest BCUT2D eigenvalue weighted by Crippen LogP contribution is 2.38. The van der Waals surface area contributed by atoms with Crippen LogP contribution in [0.15, 0.2) is 78.9 Å². The molecule has 1 aliphatic heterocycles. The van der Waals surface area contributed by atoms with Gasteiger partial charge in [0.1, 0.15) is 17.2 Å². The van der Waals surface area contributed by atoms with Crippen LogP contribution in [0.4, 0.5) is 0 Å². The van der Waals surface area contributed by atoms with Crippen LogP contribution < -0.4 is 4.74 Å². The summed E-state index contributed by atoms with van der Waals surface area (Å²) in [5, 5.41) is 12.5. The van der Waals surface area contributed by atoms with Crippen LogP contribution in [0.2, 0.25) is 0 Å². The van der Waals surface area contributed by atoms with Crippen molar-refractivity contribution in [3.05, 3.63) is 117 Å². The van der Waals surface area contributed by atoms with Crippen molar-refractivity contribution in [1.82, 2.24) is 9.88 Å². The normalized spacial score (nSPS) is 14.2. The van der Waals surface area contributed by atoms with E-state index in [2.05, 4.69) is 4.98 Å². The van der Waals surface area contributed by atoms with Gasteiger partial charge in [0.25, 0.3) is 5.91 Å². The van der Waals surface area contributed by atoms with E-state index >= 15 is 0 Å². The summed E-state index contributed by atoms with van der Waals surface area (Å²) in [6.07, 6.45) is -0.760. The summed E-state index contributed by atoms with van der Waals surface area (Å²) in [4.78, 5) is 20.2. The Morgan fingerprint density at radius 2 is 1.63 bits per heavy atom. The molecule has 6 heteroatoms. The number of rotatable bonds is 5. The van der Waals surface area contributed by atoms with Gasteiger partial charge >= 0.3 is 0 Å². The van der Waals surface area contributed by atoms with Crippen molar-refractivity contribution in [1.29, 1.82) is 0 Å². The Morgan fingerprint density at radius 3 is 2.23 bits per heavy atom. The first-order chi connectivity index (χ1) is 17.0. The summed E-state index contributed by atoms with van der Waals surface area (Å²) in [7, 11) is 0. The molecule has 5 rings (SSSR count). The van der Waals surface area contributed by atoms with Gasteiger partial charge in [0.15, 0.2) is 0 Å². The minimum Gasteiger partial charge on any atom is -0.491 e. The standard InChI is InChI=1S/C29H28N2O3S/c1-19-28(35-20(2)30-19)29(33)31-15-16-34-25-14-13-23(17-24(25)18-31)27(32)26(21-9-5-3-6-10-21)22-11-7-4-8-12-22/h3-14,17,26-27,32H,15-16,18H2,1-2H3. The lowest BCUT2D eigenvalue weighted by atomic mass is 9.83. The van der Waals surface area contributed by atoms with E-state index in [9.17, 15) is 9.90 Å². The molecule has 0 bridgehead atoms. The minimum atomic E-state index is -0.760. The van der Waals surface area contributed by atoms with E-state index in [1.807, 2.05) is 97.6 Å². The Kier molecular flexibility index (Phi) is 6.66. The van der Waals surface area contributed by atoms with Gasteiger partial charge in [0, 0.05) is 18.0 Å². The number of hydrogen-bond donors (Lipinski definition) is 1. The molecule has 1 aromatic heterocycles. The quantitative estimate of drug-likeness (QED) is 0.397. The van der Waals surface area contributed by atoms with E-state index in [0.29, 0.717) is 24.6 Å². The molecular formula is C29H28N2O3S. The highest BCUT2D eigenvalue weighted by Gasteiger charge is 2.28. The van der Waals surface area contributed by atoms with Crippen molar-refractivity contribution in [2.75, 3.05) is 13.2 Å². The fourth-order valence-electron chi connectivity index (χ4n) is 4.72. The molecule has 1 N–H and O–H groups in total. The Bertz CT molecular complexity index is 1280. The summed E-state index contributed by atoms with van der Waals surface area (Å²) in [5.74, 6) is 0.508. The number of carbonyl (C=O) groups excluding carboxylic acids is 1. The van der Waals surface area contributed by atoms with E-state index in [1.54, 1.807) is 0 Å². The summed E-state index contributed by atoms with van der Waals surface area (Å²) >= 11 is 1.43. The van der Waals surface area contributed by atoms with Crippen LogP contribution in [0, 0.1) is 13.8 Å². The number of aliphatic hydroxyl groups is 1. The molecule has 0 radical (unpaired) electrons. The fraction of sp³-hybridized carbons (Fsp3) is 0.241. The Hall–Kier alpha value is -3.48. The lowest BCUT2D eigenvalue weighted by Gasteiger charge is -2.25. The molecule has 0 saturated carbocycles. The van der Waals surface area contributed by atoms with E-state index in [4.69, 9.17) is 4.74 Å². The van der Waals surface area contributed by atoms with Crippen molar-refractivity contribution in [3.63, 3.8) is 0 Å². The maximum absolute atomic E-state index is 13.3. The number of hydrogen-bond acceptors (Lipinski definition) is 5. The van der Waals surface area contributed by atoms with Gasteiger partial charge in [-0.3, -0.25) is 4.79 Å². The summed E-state index contributed by atoms with van der Waals surface area (Å²) in [5.41, 5.74) is 4.55. The fourth-order valence-corrected chi connectivity index (χ4v) is 5.60. The van der Waals surface area contributed by atoms with Gasteiger partial charge in [-0.25, -0.2) is 4.98 Å². The largest absolute Gasteiger partial charge is 0.491 e. The van der Waals surface area contributed by atoms with Crippen LogP contribution >= 0.6 is 11.3 Å². The number of carbonyl (C=O) groups is 1. The Balaban J connectivity index is 1.47. The molecule has 1 amide bonds. The molecule has 5 nitrogen and oxygen atoms in total. The molecule has 35 heavy (non-hydrogen) atoms. The maximum atomic E-state index is 13.3. The number of aromatic nitrogens is 1. The van der Waals surface area contributed by atoms with Crippen LogP contribution in [-0.2, 0) is 6.54 Å². The molecular weight excluding hydrogens is 456 g/mol. The molecule has 1 aliphatic rings. The average molecular weight is 485 g/mol. The van der Waals surface area contributed by atoms with Crippen LogP contribution in [0.25, 0.3) is 0 Å². The highest BCUT2D eigenvalue weighted by molar-refractivity contribution is 7.13. The molecule has 1 atom stereocenters. The molecule has 0 spiro atoms. The van der Waals surface area contributed by atoms with Crippen LogP contribution in [0.1, 0.15) is 54.6 Å². The van der Waals surface area contributed by atoms with Crippen molar-refractivity contribution in [2.45, 2.75) is 32.4 Å². The number of aliphatic hydroxyl groups excluding tert-OH is 1. The van der Waals surface area contributed by atoms with Gasteiger partial charge in [-0.2, -0.15) is 0 Å². The Labute approximate surface area is 209 Å². The summed E-state index contributed by atoms with van der Waals surface area (Å²) in [6, 6.07) is 26.0. The van der Waals surface area contributed by atoms with Gasteiger partial charge in [-0.1, -0.05) is 66.7 Å². The van der Waals surface area contributed by atoms with E-state index in [0.717, 1.165) is 38.7 Å². The molecule has 1 unspecified atom stereocenters. The van der Waals surface area contributed by atoms with Gasteiger partial charge < -0.3 is 14.7 Å². The molecule has 178 valence electrons. The second kappa shape index (κ2) is 10.0. The first-order valence-electron chi connectivity index (χ1n) is 11.8. The predicted octanol–water partition coefficient (Wildman–Crippen LogP) is 5.66. The zero-order chi connectivity index (χ0) is 24.4.